The Bertz CT molecular complexity index is 728. The summed E-state index contributed by atoms with van der Waals surface area (Å²) in [6.07, 6.45) is 0. The van der Waals surface area contributed by atoms with Crippen LogP contribution in [0.1, 0.15) is 24.9 Å². The fourth-order valence-corrected chi connectivity index (χ4v) is 2.95. The first kappa shape index (κ1) is 14.8. The van der Waals surface area contributed by atoms with Gasteiger partial charge >= 0.3 is 11.9 Å². The number of nitriles is 1. The highest BCUT2D eigenvalue weighted by Gasteiger charge is 2.29. The third-order valence-electron chi connectivity index (χ3n) is 2.83. The highest BCUT2D eigenvalue weighted by atomic mass is 32.1. The number of hydrogen-bond acceptors (Lipinski definition) is 6. The van der Waals surface area contributed by atoms with E-state index < -0.39 is 11.9 Å². The Morgan fingerprint density at radius 2 is 1.71 bits per heavy atom. The smallest absolute Gasteiger partial charge is 0.348 e. The standard InChI is InChI=1S/C15H11NO4S/c1-19-14(17)12-11(9-6-4-3-5-7-9)10(8-16)21-13(12)15(18)20-2/h3-7H,1-2H3. The molecule has 0 saturated heterocycles. The number of carbonyl (C=O) groups is 2. The Labute approximate surface area is 125 Å². The number of benzene rings is 1. The van der Waals surface area contributed by atoms with Crippen molar-refractivity contribution < 1.29 is 19.1 Å². The molecule has 0 spiro atoms. The second kappa shape index (κ2) is 6.20. The van der Waals surface area contributed by atoms with Gasteiger partial charge in [0, 0.05) is 5.56 Å². The van der Waals surface area contributed by atoms with Gasteiger partial charge in [0.2, 0.25) is 0 Å². The Morgan fingerprint density at radius 1 is 1.10 bits per heavy atom. The summed E-state index contributed by atoms with van der Waals surface area (Å²) < 4.78 is 9.42. The second-order valence-electron chi connectivity index (χ2n) is 3.97. The Hall–Kier alpha value is -2.65. The van der Waals surface area contributed by atoms with Gasteiger partial charge in [-0.3, -0.25) is 0 Å². The van der Waals surface area contributed by atoms with Crippen LogP contribution >= 0.6 is 11.3 Å². The minimum Gasteiger partial charge on any atom is -0.465 e. The summed E-state index contributed by atoms with van der Waals surface area (Å²) in [5.41, 5.74) is 1.13. The first-order chi connectivity index (χ1) is 10.1. The number of carbonyl (C=O) groups excluding carboxylic acids is 2. The lowest BCUT2D eigenvalue weighted by Crippen LogP contribution is -2.09. The molecule has 0 aliphatic carbocycles. The summed E-state index contributed by atoms with van der Waals surface area (Å²) >= 11 is 0.921. The number of rotatable bonds is 3. The first-order valence-electron chi connectivity index (χ1n) is 5.93. The van der Waals surface area contributed by atoms with Gasteiger partial charge < -0.3 is 9.47 Å². The lowest BCUT2D eigenvalue weighted by Gasteiger charge is -2.05. The molecular formula is C15H11NO4S. The first-order valence-corrected chi connectivity index (χ1v) is 6.74. The molecule has 0 N–H and O–H groups in total. The monoisotopic (exact) mass is 301 g/mol. The molecule has 0 bridgehead atoms. The van der Waals surface area contributed by atoms with Gasteiger partial charge in [-0.2, -0.15) is 5.26 Å². The topological polar surface area (TPSA) is 76.4 Å². The van der Waals surface area contributed by atoms with Crippen LogP contribution in [0.3, 0.4) is 0 Å². The van der Waals surface area contributed by atoms with Crippen LogP contribution in [0.2, 0.25) is 0 Å². The van der Waals surface area contributed by atoms with Crippen LogP contribution in [0.15, 0.2) is 30.3 Å². The molecule has 0 saturated carbocycles. The van der Waals surface area contributed by atoms with Gasteiger partial charge in [-0.25, -0.2) is 9.59 Å². The van der Waals surface area contributed by atoms with Crippen LogP contribution < -0.4 is 0 Å². The summed E-state index contributed by atoms with van der Waals surface area (Å²) in [6.45, 7) is 0. The summed E-state index contributed by atoms with van der Waals surface area (Å²) in [7, 11) is 2.44. The highest BCUT2D eigenvalue weighted by Crippen LogP contribution is 2.37. The molecule has 6 heteroatoms. The van der Waals surface area contributed by atoms with Gasteiger partial charge in [-0.15, -0.1) is 11.3 Å². The van der Waals surface area contributed by atoms with Crippen LogP contribution in [-0.2, 0) is 9.47 Å². The van der Waals surface area contributed by atoms with Crippen LogP contribution in [0.4, 0.5) is 0 Å². The molecule has 0 unspecified atom stereocenters. The zero-order chi connectivity index (χ0) is 15.4. The van der Waals surface area contributed by atoms with Crippen molar-refractivity contribution in [1.29, 1.82) is 5.26 Å². The maximum atomic E-state index is 12.0. The minimum atomic E-state index is -0.674. The molecule has 21 heavy (non-hydrogen) atoms. The van der Waals surface area contributed by atoms with Crippen molar-refractivity contribution >= 4 is 23.3 Å². The molecule has 0 amide bonds. The number of hydrogen-bond donors (Lipinski definition) is 0. The number of nitrogens with zero attached hydrogens (tertiary/aromatic N) is 1. The third-order valence-corrected chi connectivity index (χ3v) is 3.91. The van der Waals surface area contributed by atoms with Gasteiger partial charge in [0.25, 0.3) is 0 Å². The third kappa shape index (κ3) is 2.64. The van der Waals surface area contributed by atoms with E-state index in [0.717, 1.165) is 11.3 Å². The summed E-state index contributed by atoms with van der Waals surface area (Å²) in [5, 5.41) is 9.28. The Kier molecular flexibility index (Phi) is 4.36. The van der Waals surface area contributed by atoms with Crippen molar-refractivity contribution in [3.05, 3.63) is 45.6 Å². The second-order valence-corrected chi connectivity index (χ2v) is 4.99. The fourth-order valence-electron chi connectivity index (χ4n) is 1.92. The number of methoxy groups -OCH3 is 2. The maximum absolute atomic E-state index is 12.0. The van der Waals surface area contributed by atoms with E-state index in [1.54, 1.807) is 24.3 Å². The molecule has 1 aromatic carbocycles. The van der Waals surface area contributed by atoms with Crippen LogP contribution in [0, 0.1) is 11.3 Å². The normalized spacial score (nSPS) is 9.76. The SMILES string of the molecule is COC(=O)c1sc(C#N)c(-c2ccccc2)c1C(=O)OC. The largest absolute Gasteiger partial charge is 0.465 e. The van der Waals surface area contributed by atoms with E-state index >= 15 is 0 Å². The lowest BCUT2D eigenvalue weighted by atomic mass is 10.0. The Morgan fingerprint density at radius 3 is 2.24 bits per heavy atom. The molecule has 5 nitrogen and oxygen atoms in total. The van der Waals surface area contributed by atoms with Gasteiger partial charge in [0.15, 0.2) is 0 Å². The average molecular weight is 301 g/mol. The van der Waals surface area contributed by atoms with Gasteiger partial charge in [0.05, 0.1) is 19.8 Å². The van der Waals surface area contributed by atoms with Crippen LogP contribution in [-0.4, -0.2) is 26.2 Å². The van der Waals surface area contributed by atoms with Crippen molar-refractivity contribution in [2.75, 3.05) is 14.2 Å². The van der Waals surface area contributed by atoms with E-state index in [1.165, 1.54) is 14.2 Å². The van der Waals surface area contributed by atoms with Gasteiger partial charge in [-0.05, 0) is 5.56 Å². The van der Waals surface area contributed by atoms with Gasteiger partial charge in [0.1, 0.15) is 15.8 Å². The molecule has 1 heterocycles. The molecular weight excluding hydrogens is 290 g/mol. The van der Waals surface area contributed by atoms with Crippen molar-refractivity contribution in [1.82, 2.24) is 0 Å². The quantitative estimate of drug-likeness (QED) is 0.815. The molecule has 0 aliphatic rings. The average Bonchev–Trinajstić information content (AvgIpc) is 2.93. The van der Waals surface area contributed by atoms with E-state index in [0.29, 0.717) is 11.1 Å². The molecule has 1 aromatic heterocycles. The number of ether oxygens (including phenoxy) is 2. The lowest BCUT2D eigenvalue weighted by molar-refractivity contribution is 0.0561. The highest BCUT2D eigenvalue weighted by molar-refractivity contribution is 7.15. The van der Waals surface area contributed by atoms with Crippen molar-refractivity contribution in [2.45, 2.75) is 0 Å². The number of thiophene rings is 1. The molecule has 0 aliphatic heterocycles. The maximum Gasteiger partial charge on any atom is 0.348 e. The zero-order valence-electron chi connectivity index (χ0n) is 11.4. The predicted molar refractivity (Wildman–Crippen MR) is 77.1 cm³/mol. The van der Waals surface area contributed by atoms with Crippen molar-refractivity contribution in [3.8, 4) is 17.2 Å². The summed E-state index contributed by atoms with van der Waals surface area (Å²) in [5.74, 6) is -1.34. The molecule has 0 radical (unpaired) electrons. The molecule has 0 atom stereocenters. The van der Waals surface area contributed by atoms with E-state index in [4.69, 9.17) is 4.74 Å². The van der Waals surface area contributed by atoms with E-state index in [2.05, 4.69) is 4.74 Å². The van der Waals surface area contributed by atoms with E-state index in [-0.39, 0.29) is 15.3 Å². The van der Waals surface area contributed by atoms with E-state index in [1.807, 2.05) is 12.1 Å². The van der Waals surface area contributed by atoms with Crippen LogP contribution in [0.25, 0.3) is 11.1 Å². The molecule has 2 aromatic rings. The molecule has 2 rings (SSSR count). The predicted octanol–water partition coefficient (Wildman–Crippen LogP) is 2.86. The summed E-state index contributed by atoms with van der Waals surface area (Å²) in [6, 6.07) is 10.9. The van der Waals surface area contributed by atoms with Crippen LogP contribution in [0.5, 0.6) is 0 Å². The van der Waals surface area contributed by atoms with Gasteiger partial charge in [-0.1, -0.05) is 30.3 Å². The molecule has 0 fully saturated rings. The molecule has 106 valence electrons. The fraction of sp³-hybridized carbons (Fsp3) is 0.133. The minimum absolute atomic E-state index is 0.0668. The number of esters is 2. The van der Waals surface area contributed by atoms with Crippen molar-refractivity contribution in [3.63, 3.8) is 0 Å². The van der Waals surface area contributed by atoms with Crippen molar-refractivity contribution in [2.24, 2.45) is 0 Å². The zero-order valence-corrected chi connectivity index (χ0v) is 12.2. The summed E-state index contributed by atoms with van der Waals surface area (Å²) in [4.78, 5) is 24.2. The Balaban J connectivity index is 2.79. The van der Waals surface area contributed by atoms with E-state index in [9.17, 15) is 14.9 Å².